The van der Waals surface area contributed by atoms with Gasteiger partial charge in [0.2, 0.25) is 0 Å². The van der Waals surface area contributed by atoms with Crippen molar-refractivity contribution in [1.29, 1.82) is 0 Å². The van der Waals surface area contributed by atoms with Crippen molar-refractivity contribution < 1.29 is 9.47 Å². The Morgan fingerprint density at radius 2 is 1.00 bits per heavy atom. The summed E-state index contributed by atoms with van der Waals surface area (Å²) in [5, 5.41) is 4.86. The highest BCUT2D eigenvalue weighted by Gasteiger charge is 2.44. The van der Waals surface area contributed by atoms with E-state index in [4.69, 9.17) is 9.47 Å². The third kappa shape index (κ3) is 6.05. The summed E-state index contributed by atoms with van der Waals surface area (Å²) >= 11 is 0. The zero-order valence-electron chi connectivity index (χ0n) is 38.2. The van der Waals surface area contributed by atoms with Crippen molar-refractivity contribution in [1.82, 2.24) is 0 Å². The smallest absolute Gasteiger partial charge is 0.260 e. The van der Waals surface area contributed by atoms with E-state index in [0.29, 0.717) is 0 Å². The van der Waals surface area contributed by atoms with Gasteiger partial charge in [0.1, 0.15) is 23.0 Å². The molecule has 0 unspecified atom stereocenters. The second kappa shape index (κ2) is 13.3. The summed E-state index contributed by atoms with van der Waals surface area (Å²) in [5.41, 5.74) is 15.9. The van der Waals surface area contributed by atoms with Gasteiger partial charge in [0.25, 0.3) is 6.71 Å². The van der Waals surface area contributed by atoms with Crippen molar-refractivity contribution in [3.63, 3.8) is 0 Å². The Kier molecular flexibility index (Phi) is 8.62. The molecule has 0 fully saturated rings. The van der Waals surface area contributed by atoms with E-state index >= 15 is 0 Å². The molecule has 0 amide bonds. The van der Waals surface area contributed by atoms with Gasteiger partial charge in [-0.25, -0.2) is 0 Å². The number of ether oxygens (including phenoxy) is 2. The van der Waals surface area contributed by atoms with Gasteiger partial charge in [-0.15, -0.1) is 0 Å². The van der Waals surface area contributed by atoms with Gasteiger partial charge >= 0.3 is 0 Å². The fraction of sp³-hybridized carbons (Fsp3) is 0.345. The van der Waals surface area contributed by atoms with Crippen LogP contribution < -0.4 is 41.4 Å². The summed E-state index contributed by atoms with van der Waals surface area (Å²) < 4.78 is 14.8. The Morgan fingerprint density at radius 3 is 1.52 bits per heavy atom. The van der Waals surface area contributed by atoms with Crippen LogP contribution in [0.15, 0.2) is 103 Å². The fourth-order valence-electron chi connectivity index (χ4n) is 12.4. The molecule has 6 aromatic rings. The lowest BCUT2D eigenvalue weighted by molar-refractivity contribution is 0.466. The van der Waals surface area contributed by atoms with Gasteiger partial charge in [0, 0.05) is 16.6 Å². The van der Waals surface area contributed by atoms with Gasteiger partial charge < -0.3 is 9.47 Å². The van der Waals surface area contributed by atoms with Crippen LogP contribution in [0, 0.1) is 0 Å². The lowest BCUT2D eigenvalue weighted by atomic mass is 9.34. The van der Waals surface area contributed by atoms with Gasteiger partial charge in [0.15, 0.2) is 0 Å². The summed E-state index contributed by atoms with van der Waals surface area (Å²) in [6.45, 7) is 25.1. The maximum atomic E-state index is 7.38. The topological polar surface area (TPSA) is 18.5 Å². The predicted molar refractivity (Wildman–Crippen MR) is 270 cm³/mol. The number of benzene rings is 6. The first-order valence-corrected chi connectivity index (χ1v) is 32.8. The van der Waals surface area contributed by atoms with Gasteiger partial charge in [-0.1, -0.05) is 193 Å². The largest absolute Gasteiger partial charge is 0.458 e. The molecule has 5 aliphatic rings. The lowest BCUT2D eigenvalue weighted by Gasteiger charge is -2.41. The molecule has 5 aliphatic heterocycles. The zero-order chi connectivity index (χ0) is 42.4. The molecular weight excluding hydrogens is 788 g/mol. The van der Waals surface area contributed by atoms with E-state index in [1.807, 2.05) is 0 Å². The van der Waals surface area contributed by atoms with Gasteiger partial charge in [-0.05, 0) is 97.3 Å². The van der Waals surface area contributed by atoms with Crippen molar-refractivity contribution in [2.45, 2.75) is 122 Å². The molecule has 0 aromatic heterocycles. The van der Waals surface area contributed by atoms with E-state index in [-0.39, 0.29) is 17.5 Å². The first kappa shape index (κ1) is 39.5. The van der Waals surface area contributed by atoms with Crippen molar-refractivity contribution in [2.24, 2.45) is 0 Å². The molecule has 0 radical (unpaired) electrons. The van der Waals surface area contributed by atoms with Crippen LogP contribution in [0.25, 0.3) is 33.4 Å². The molecule has 0 bridgehead atoms. The number of para-hydroxylation sites is 2. The molecule has 2 nitrogen and oxygen atoms in total. The highest BCUT2D eigenvalue weighted by atomic mass is 28.3. The molecule has 61 heavy (non-hydrogen) atoms. The minimum atomic E-state index is -1.67. The van der Waals surface area contributed by atoms with Crippen LogP contribution in [0.2, 0.25) is 57.4 Å². The Balaban J connectivity index is 1.14. The molecule has 6 aromatic carbocycles. The van der Waals surface area contributed by atoms with Crippen LogP contribution in [0.5, 0.6) is 23.0 Å². The first-order valence-electron chi connectivity index (χ1n) is 23.2. The molecular formula is C55H61BO2Si3. The minimum absolute atomic E-state index is 0.0252. The third-order valence-electron chi connectivity index (χ3n) is 16.2. The average molecular weight is 849 g/mol. The van der Waals surface area contributed by atoms with E-state index in [1.54, 1.807) is 15.6 Å². The quantitative estimate of drug-likeness (QED) is 0.165. The molecule has 0 N–H and O–H groups in total. The van der Waals surface area contributed by atoms with Crippen LogP contribution >= 0.6 is 0 Å². The summed E-state index contributed by atoms with van der Waals surface area (Å²) in [5.74, 6) is 3.82. The molecule has 0 atom stereocenters. The Bertz CT molecular complexity index is 2690. The Hall–Kier alpha value is -4.36. The number of hydrogen-bond donors (Lipinski definition) is 0. The van der Waals surface area contributed by atoms with Crippen LogP contribution in [0.1, 0.15) is 63.6 Å². The number of fused-ring (bicyclic) bond motifs is 7. The highest BCUT2D eigenvalue weighted by Crippen LogP contribution is 2.46. The maximum Gasteiger partial charge on any atom is 0.260 e. The van der Waals surface area contributed by atoms with E-state index in [1.165, 1.54) is 98.4 Å². The van der Waals surface area contributed by atoms with Gasteiger partial charge in [0.05, 0.1) is 24.2 Å². The van der Waals surface area contributed by atoms with Crippen LogP contribution in [0.3, 0.4) is 0 Å². The molecule has 0 aliphatic carbocycles. The van der Waals surface area contributed by atoms with E-state index < -0.39 is 24.2 Å². The summed E-state index contributed by atoms with van der Waals surface area (Å²) in [6.07, 6.45) is 4.94. The fourth-order valence-corrected chi connectivity index (χ4v) is 22.1. The molecule has 0 spiro atoms. The van der Waals surface area contributed by atoms with Gasteiger partial charge in [-0.2, -0.15) is 0 Å². The standard InChI is InChI=1S/C55H61BO2Si3/c1-54(2)26-29-59(5,6)48-24-22-36(31-42(48)54)39-17-12-20-44-51(39)57-46-33-38(41-19-11-15-35-16-14-28-61(9,10)53(35)41)34-47-50(46)56(44)45-21-13-18-40(52(45)58-47)37-23-25-49-43(32-37)55(3,4)27-30-60(49,7)8/h11-13,15,17-25,31-34H,14,16,26-30H2,1-10H3. The summed E-state index contributed by atoms with van der Waals surface area (Å²) in [7, 11) is -4.69. The van der Waals surface area contributed by atoms with Crippen molar-refractivity contribution in [2.75, 3.05) is 0 Å². The molecule has 0 saturated carbocycles. The normalized spacial score (nSPS) is 20.1. The molecule has 0 saturated heterocycles. The lowest BCUT2D eigenvalue weighted by Crippen LogP contribution is -2.57. The molecule has 11 rings (SSSR count). The predicted octanol–water partition coefficient (Wildman–Crippen LogP) is 11.5. The summed E-state index contributed by atoms with van der Waals surface area (Å²) in [4.78, 5) is 0. The second-order valence-electron chi connectivity index (χ2n) is 22.6. The third-order valence-corrected chi connectivity index (χ3v) is 26.6. The number of aryl methyl sites for hydroxylation is 1. The molecule has 5 heterocycles. The van der Waals surface area contributed by atoms with Crippen LogP contribution in [-0.2, 0) is 17.3 Å². The number of rotatable bonds is 3. The molecule has 6 heteroatoms. The highest BCUT2D eigenvalue weighted by molar-refractivity contribution is 6.98. The number of hydrogen-bond acceptors (Lipinski definition) is 2. The van der Waals surface area contributed by atoms with E-state index in [9.17, 15) is 0 Å². The van der Waals surface area contributed by atoms with Crippen LogP contribution in [-0.4, -0.2) is 30.9 Å². The Morgan fingerprint density at radius 1 is 0.508 bits per heavy atom. The van der Waals surface area contributed by atoms with Crippen molar-refractivity contribution >= 4 is 62.9 Å². The van der Waals surface area contributed by atoms with E-state index in [2.05, 4.69) is 170 Å². The van der Waals surface area contributed by atoms with Gasteiger partial charge in [-0.3, -0.25) is 0 Å². The SMILES string of the molecule is CC1(C)CC[Si](C)(C)c2ccc(-c3cccc4c3Oc3cc(-c5cccc6c5[Si](C)(C)CCC6)cc5c3B4c3cccc(-c4ccc6c(c4)C(C)(C)CC[Si]6(C)C)c3O5)cc21. The monoisotopic (exact) mass is 848 g/mol. The van der Waals surface area contributed by atoms with E-state index in [0.717, 1.165) is 34.9 Å². The maximum absolute atomic E-state index is 7.38. The van der Waals surface area contributed by atoms with Crippen molar-refractivity contribution in [3.8, 4) is 56.4 Å². The minimum Gasteiger partial charge on any atom is -0.458 e. The Labute approximate surface area is 368 Å². The molecule has 308 valence electrons. The summed E-state index contributed by atoms with van der Waals surface area (Å²) in [6, 6.07) is 44.3. The zero-order valence-corrected chi connectivity index (χ0v) is 41.2. The van der Waals surface area contributed by atoms with Crippen molar-refractivity contribution in [3.05, 3.63) is 120 Å². The van der Waals surface area contributed by atoms with Crippen LogP contribution in [0.4, 0.5) is 0 Å². The first-order chi connectivity index (χ1) is 28.9. The second-order valence-corrected chi connectivity index (χ2v) is 37.0. The average Bonchev–Trinajstić information content (AvgIpc) is 3.23.